The normalized spacial score (nSPS) is 18.4. The van der Waals surface area contributed by atoms with Crippen LogP contribution in [-0.2, 0) is 13.0 Å². The number of amides is 2. The molecule has 3 heterocycles. The molecule has 0 bridgehead atoms. The molecule has 2 aromatic rings. The second kappa shape index (κ2) is 7.33. The van der Waals surface area contributed by atoms with Gasteiger partial charge in [0.1, 0.15) is 5.69 Å². The van der Waals surface area contributed by atoms with Gasteiger partial charge in [-0.05, 0) is 42.5 Å². The van der Waals surface area contributed by atoms with E-state index in [0.717, 1.165) is 45.4 Å². The molecule has 6 nitrogen and oxygen atoms in total. The first kappa shape index (κ1) is 16.8. The number of carbonyl (C=O) groups is 1. The second-order valence-corrected chi connectivity index (χ2v) is 7.05. The molecule has 1 aromatic heterocycles. The van der Waals surface area contributed by atoms with E-state index in [1.54, 1.807) is 23.2 Å². The second-order valence-electron chi connectivity index (χ2n) is 7.05. The van der Waals surface area contributed by atoms with Crippen LogP contribution in [0.1, 0.15) is 24.0 Å². The lowest BCUT2D eigenvalue weighted by Gasteiger charge is -2.40. The molecule has 0 atom stereocenters. The molecule has 1 aromatic carbocycles. The summed E-state index contributed by atoms with van der Waals surface area (Å²) in [6, 6.07) is 12.3. The van der Waals surface area contributed by atoms with Gasteiger partial charge < -0.3 is 15.2 Å². The van der Waals surface area contributed by atoms with Gasteiger partial charge >= 0.3 is 6.03 Å². The summed E-state index contributed by atoms with van der Waals surface area (Å²) < 4.78 is 0. The van der Waals surface area contributed by atoms with Crippen molar-refractivity contribution in [3.8, 4) is 0 Å². The fraction of sp³-hybridized carbons (Fsp3) is 0.400. The SMILES string of the molecule is O=C(Nc1ccc[nH]c1=O)N1CCC(N2CCc3ccccc3C2)CC1. The first-order chi connectivity index (χ1) is 12.7. The fourth-order valence-electron chi connectivity index (χ4n) is 3.98. The van der Waals surface area contributed by atoms with E-state index in [0.29, 0.717) is 11.7 Å². The lowest BCUT2D eigenvalue weighted by Crippen LogP contribution is -2.49. The minimum absolute atomic E-state index is 0.191. The summed E-state index contributed by atoms with van der Waals surface area (Å²) in [5.41, 5.74) is 2.92. The maximum atomic E-state index is 12.4. The minimum Gasteiger partial charge on any atom is -0.327 e. The molecule has 2 N–H and O–H groups in total. The van der Waals surface area contributed by atoms with E-state index in [2.05, 4.69) is 39.5 Å². The molecule has 26 heavy (non-hydrogen) atoms. The topological polar surface area (TPSA) is 68.4 Å². The van der Waals surface area contributed by atoms with E-state index in [-0.39, 0.29) is 11.6 Å². The van der Waals surface area contributed by atoms with Crippen LogP contribution in [0.2, 0.25) is 0 Å². The number of fused-ring (bicyclic) bond motifs is 1. The number of likely N-dealkylation sites (tertiary alicyclic amines) is 1. The summed E-state index contributed by atoms with van der Waals surface area (Å²) in [7, 11) is 0. The number of aromatic nitrogens is 1. The largest absolute Gasteiger partial charge is 0.327 e. The zero-order valence-corrected chi connectivity index (χ0v) is 14.8. The Hall–Kier alpha value is -2.60. The molecule has 2 aliphatic rings. The van der Waals surface area contributed by atoms with Crippen molar-refractivity contribution in [3.63, 3.8) is 0 Å². The molecule has 0 radical (unpaired) electrons. The highest BCUT2D eigenvalue weighted by Gasteiger charge is 2.29. The van der Waals surface area contributed by atoms with Gasteiger partial charge in [-0.25, -0.2) is 4.79 Å². The third-order valence-electron chi connectivity index (χ3n) is 5.49. The summed E-state index contributed by atoms with van der Waals surface area (Å²) in [6.45, 7) is 3.54. The Kier molecular flexibility index (Phi) is 4.75. The average molecular weight is 352 g/mol. The van der Waals surface area contributed by atoms with Gasteiger partial charge in [-0.3, -0.25) is 9.69 Å². The summed E-state index contributed by atoms with van der Waals surface area (Å²) in [5, 5.41) is 2.72. The molecule has 0 spiro atoms. The maximum absolute atomic E-state index is 12.4. The summed E-state index contributed by atoms with van der Waals surface area (Å²) in [4.78, 5) is 31.0. The number of pyridine rings is 1. The third kappa shape index (κ3) is 3.51. The van der Waals surface area contributed by atoms with Crippen molar-refractivity contribution in [3.05, 3.63) is 64.1 Å². The first-order valence-corrected chi connectivity index (χ1v) is 9.25. The third-order valence-corrected chi connectivity index (χ3v) is 5.49. The van der Waals surface area contributed by atoms with Crippen LogP contribution in [0.15, 0.2) is 47.4 Å². The standard InChI is InChI=1S/C20H24N4O2/c25-19-18(6-3-10-21-19)22-20(26)23-12-8-17(9-13-23)24-11-7-15-4-1-2-5-16(15)14-24/h1-6,10,17H,7-9,11-14H2,(H,21,25)(H,22,26). The highest BCUT2D eigenvalue weighted by atomic mass is 16.2. The van der Waals surface area contributed by atoms with Crippen LogP contribution in [0.25, 0.3) is 0 Å². The molecule has 2 amide bonds. The van der Waals surface area contributed by atoms with Crippen LogP contribution < -0.4 is 10.9 Å². The molecule has 0 aliphatic carbocycles. The van der Waals surface area contributed by atoms with Gasteiger partial charge in [0.15, 0.2) is 0 Å². The van der Waals surface area contributed by atoms with Crippen molar-refractivity contribution >= 4 is 11.7 Å². The molecule has 2 aliphatic heterocycles. The van der Waals surface area contributed by atoms with Crippen LogP contribution in [0, 0.1) is 0 Å². The number of aromatic amines is 1. The van der Waals surface area contributed by atoms with Crippen LogP contribution in [0.3, 0.4) is 0 Å². The Morgan fingerprint density at radius 3 is 2.58 bits per heavy atom. The number of hydrogen-bond donors (Lipinski definition) is 2. The Morgan fingerprint density at radius 1 is 1.04 bits per heavy atom. The quantitative estimate of drug-likeness (QED) is 0.872. The highest BCUT2D eigenvalue weighted by Crippen LogP contribution is 2.25. The Balaban J connectivity index is 1.32. The highest BCUT2D eigenvalue weighted by molar-refractivity contribution is 5.89. The maximum Gasteiger partial charge on any atom is 0.321 e. The fourth-order valence-corrected chi connectivity index (χ4v) is 3.98. The van der Waals surface area contributed by atoms with E-state index < -0.39 is 0 Å². The number of carbonyl (C=O) groups excluding carboxylic acids is 1. The van der Waals surface area contributed by atoms with Gasteiger partial charge in [-0.1, -0.05) is 24.3 Å². The summed E-state index contributed by atoms with van der Waals surface area (Å²) in [5.74, 6) is 0. The number of piperidine rings is 1. The number of hydrogen-bond acceptors (Lipinski definition) is 3. The minimum atomic E-state index is -0.275. The first-order valence-electron chi connectivity index (χ1n) is 9.25. The smallest absolute Gasteiger partial charge is 0.321 e. The molecular formula is C20H24N4O2. The monoisotopic (exact) mass is 352 g/mol. The number of nitrogens with one attached hydrogen (secondary N) is 2. The van der Waals surface area contributed by atoms with Gasteiger partial charge in [0, 0.05) is 38.4 Å². The van der Waals surface area contributed by atoms with Gasteiger partial charge in [-0.15, -0.1) is 0 Å². The van der Waals surface area contributed by atoms with Gasteiger partial charge in [0.05, 0.1) is 0 Å². The predicted molar refractivity (Wildman–Crippen MR) is 101 cm³/mol. The molecular weight excluding hydrogens is 328 g/mol. The molecule has 136 valence electrons. The Morgan fingerprint density at radius 2 is 1.81 bits per heavy atom. The van der Waals surface area contributed by atoms with Crippen molar-refractivity contribution in [1.29, 1.82) is 0 Å². The molecule has 1 fully saturated rings. The van der Waals surface area contributed by atoms with E-state index in [1.165, 1.54) is 11.1 Å². The number of rotatable bonds is 2. The van der Waals surface area contributed by atoms with E-state index >= 15 is 0 Å². The van der Waals surface area contributed by atoms with E-state index in [9.17, 15) is 9.59 Å². The van der Waals surface area contributed by atoms with Crippen molar-refractivity contribution in [2.24, 2.45) is 0 Å². The van der Waals surface area contributed by atoms with Gasteiger partial charge in [0.25, 0.3) is 5.56 Å². The number of H-pyrrole nitrogens is 1. The van der Waals surface area contributed by atoms with Crippen molar-refractivity contribution in [1.82, 2.24) is 14.8 Å². The van der Waals surface area contributed by atoms with E-state index in [4.69, 9.17) is 0 Å². The van der Waals surface area contributed by atoms with Crippen LogP contribution in [-0.4, -0.2) is 46.5 Å². The van der Waals surface area contributed by atoms with Gasteiger partial charge in [-0.2, -0.15) is 0 Å². The zero-order valence-electron chi connectivity index (χ0n) is 14.8. The summed E-state index contributed by atoms with van der Waals surface area (Å²) in [6.07, 6.45) is 4.61. The lowest BCUT2D eigenvalue weighted by molar-refractivity contribution is 0.111. The molecule has 4 rings (SSSR count). The molecule has 0 unspecified atom stereocenters. The lowest BCUT2D eigenvalue weighted by atomic mass is 9.95. The number of nitrogens with zero attached hydrogens (tertiary/aromatic N) is 2. The predicted octanol–water partition coefficient (Wildman–Crippen LogP) is 2.43. The Labute approximate surface area is 152 Å². The van der Waals surface area contributed by atoms with Crippen molar-refractivity contribution in [2.75, 3.05) is 25.0 Å². The molecule has 0 saturated carbocycles. The number of benzene rings is 1. The van der Waals surface area contributed by atoms with E-state index in [1.807, 2.05) is 0 Å². The molecule has 6 heteroatoms. The number of urea groups is 1. The molecule has 1 saturated heterocycles. The zero-order chi connectivity index (χ0) is 17.9. The van der Waals surface area contributed by atoms with Crippen molar-refractivity contribution in [2.45, 2.75) is 31.8 Å². The van der Waals surface area contributed by atoms with Crippen molar-refractivity contribution < 1.29 is 4.79 Å². The van der Waals surface area contributed by atoms with Crippen LogP contribution in [0.4, 0.5) is 10.5 Å². The van der Waals surface area contributed by atoms with Crippen LogP contribution >= 0.6 is 0 Å². The number of anilines is 1. The summed E-state index contributed by atoms with van der Waals surface area (Å²) >= 11 is 0. The Bertz CT molecular complexity index is 839. The van der Waals surface area contributed by atoms with Crippen LogP contribution in [0.5, 0.6) is 0 Å². The average Bonchev–Trinajstić information content (AvgIpc) is 2.69. The van der Waals surface area contributed by atoms with Gasteiger partial charge in [0.2, 0.25) is 0 Å².